The standard InChI is InChI=1S/C25H29ClN2O2.C17H16F3NO/c26-24-8-3-9-25(23(24)15-27)30-17-22(29)16-28-12-4-7-21(28)14-18-10-11-19-5-1-2-6-20(19)13-18;18-17(19,20)16(22)21-9-3-6-15(21)11-12-7-8-13-4-1-2-5-14(13)10-12/h3,8-11,13,21-22,29H,1-2,4-7,12,14,16-17H2;1-2,4-5,7-8,10,15H,3,6,9,11H2/t21-,22+;15-/m00/s1. The fraction of sp³-hybridized carbons (Fsp3) is 0.429. The lowest BCUT2D eigenvalue weighted by atomic mass is 9.89. The number of carbonyl (C=O) groups excluding carboxylic acids is 1. The average Bonchev–Trinajstić information content (AvgIpc) is 3.79. The lowest BCUT2D eigenvalue weighted by Crippen LogP contribution is -2.44. The van der Waals surface area contributed by atoms with Gasteiger partial charge in [0, 0.05) is 25.2 Å². The summed E-state index contributed by atoms with van der Waals surface area (Å²) < 4.78 is 43.6. The second-order valence-electron chi connectivity index (χ2n) is 14.2. The van der Waals surface area contributed by atoms with Crippen LogP contribution in [0, 0.1) is 11.3 Å². The maximum Gasteiger partial charge on any atom is 0.471 e. The molecule has 1 amide bonds. The van der Waals surface area contributed by atoms with Gasteiger partial charge < -0.3 is 14.7 Å². The first-order valence-corrected chi connectivity index (χ1v) is 18.7. The van der Waals surface area contributed by atoms with Crippen LogP contribution in [0.25, 0.3) is 10.8 Å². The Morgan fingerprint density at radius 1 is 0.865 bits per heavy atom. The van der Waals surface area contributed by atoms with E-state index in [1.807, 2.05) is 42.5 Å². The number of nitrogens with zero attached hydrogens (tertiary/aromatic N) is 3. The van der Waals surface area contributed by atoms with E-state index in [1.54, 1.807) is 18.2 Å². The number of β-amino-alcohol motifs (C(OH)–C–C–N with tert-alkyl or cyclic N) is 1. The molecular weight excluding hydrogens is 687 g/mol. The highest BCUT2D eigenvalue weighted by Crippen LogP contribution is 2.30. The number of fused-ring (bicyclic) bond motifs is 2. The Hall–Kier alpha value is -4.10. The van der Waals surface area contributed by atoms with Crippen LogP contribution in [0.1, 0.15) is 66.3 Å². The predicted octanol–water partition coefficient (Wildman–Crippen LogP) is 8.47. The van der Waals surface area contributed by atoms with Crippen molar-refractivity contribution >= 4 is 28.3 Å². The number of carbonyl (C=O) groups is 1. The fourth-order valence-electron chi connectivity index (χ4n) is 7.91. The summed E-state index contributed by atoms with van der Waals surface area (Å²) in [6.07, 6.45) is 4.72. The quantitative estimate of drug-likeness (QED) is 0.187. The van der Waals surface area contributed by atoms with Crippen LogP contribution in [0.3, 0.4) is 0 Å². The summed E-state index contributed by atoms with van der Waals surface area (Å²) in [6.45, 7) is 1.93. The number of rotatable bonds is 9. The molecule has 6 nitrogen and oxygen atoms in total. The SMILES string of the molecule is N#Cc1c(Cl)cccc1OC[C@H](O)CN1CCC[C@H]1Cc1ccc2c(c1)CCCC2.O=C(N1CCC[C@H]1Cc1ccc2ccccc2c1)C(F)(F)F. The number of halogens is 4. The molecule has 3 atom stereocenters. The van der Waals surface area contributed by atoms with Crippen LogP contribution >= 0.6 is 11.6 Å². The normalized spacial score (nSPS) is 19.4. The Labute approximate surface area is 308 Å². The molecular formula is C42H45ClF3N3O3. The summed E-state index contributed by atoms with van der Waals surface area (Å²) in [4.78, 5) is 14.8. The van der Waals surface area contributed by atoms with Crippen molar-refractivity contribution < 1.29 is 27.8 Å². The molecule has 1 N–H and O–H groups in total. The van der Waals surface area contributed by atoms with E-state index in [0.29, 0.717) is 48.2 Å². The van der Waals surface area contributed by atoms with Crippen molar-refractivity contribution in [2.45, 2.75) is 88.6 Å². The summed E-state index contributed by atoms with van der Waals surface area (Å²) in [5.41, 5.74) is 5.75. The van der Waals surface area contributed by atoms with Gasteiger partial charge >= 0.3 is 12.1 Å². The van der Waals surface area contributed by atoms with Gasteiger partial charge in [-0.25, -0.2) is 0 Å². The summed E-state index contributed by atoms with van der Waals surface area (Å²) in [6, 6.07) is 28.1. The van der Waals surface area contributed by atoms with E-state index in [9.17, 15) is 28.3 Å². The molecule has 7 rings (SSSR count). The largest absolute Gasteiger partial charge is 0.489 e. The van der Waals surface area contributed by atoms with Crippen molar-refractivity contribution in [2.24, 2.45) is 0 Å². The van der Waals surface area contributed by atoms with Gasteiger partial charge in [-0.05, 0) is 116 Å². The predicted molar refractivity (Wildman–Crippen MR) is 197 cm³/mol. The van der Waals surface area contributed by atoms with E-state index >= 15 is 0 Å². The number of ether oxygens (including phenoxy) is 1. The number of amides is 1. The van der Waals surface area contributed by atoms with E-state index in [4.69, 9.17) is 16.3 Å². The van der Waals surface area contributed by atoms with E-state index in [0.717, 1.165) is 47.0 Å². The first kappa shape index (κ1) is 37.7. The van der Waals surface area contributed by atoms with E-state index in [-0.39, 0.29) is 19.2 Å². The van der Waals surface area contributed by atoms with Crippen LogP contribution in [-0.4, -0.2) is 71.4 Å². The van der Waals surface area contributed by atoms with Crippen molar-refractivity contribution in [1.82, 2.24) is 9.80 Å². The molecule has 2 aliphatic heterocycles. The van der Waals surface area contributed by atoms with Crippen LogP contribution in [0.4, 0.5) is 13.2 Å². The van der Waals surface area contributed by atoms with Gasteiger partial charge in [0.1, 0.15) is 30.1 Å². The number of benzene rings is 4. The zero-order valence-corrected chi connectivity index (χ0v) is 30.0. The highest BCUT2D eigenvalue weighted by atomic mass is 35.5. The summed E-state index contributed by atoms with van der Waals surface area (Å²) in [5, 5.41) is 22.4. The molecule has 0 unspecified atom stereocenters. The lowest BCUT2D eigenvalue weighted by molar-refractivity contribution is -0.186. The minimum Gasteiger partial charge on any atom is -0.489 e. The molecule has 0 saturated carbocycles. The molecule has 0 bridgehead atoms. The number of aliphatic hydroxyl groups excluding tert-OH is 1. The van der Waals surface area contributed by atoms with Crippen LogP contribution < -0.4 is 4.74 Å². The second kappa shape index (κ2) is 17.2. The highest BCUT2D eigenvalue weighted by molar-refractivity contribution is 6.31. The number of hydrogen-bond acceptors (Lipinski definition) is 5. The van der Waals surface area contributed by atoms with Gasteiger partial charge in [0.25, 0.3) is 0 Å². The van der Waals surface area contributed by atoms with Crippen LogP contribution in [-0.2, 0) is 30.5 Å². The zero-order valence-electron chi connectivity index (χ0n) is 29.3. The molecule has 3 aliphatic rings. The number of aryl methyl sites for hydroxylation is 2. The molecule has 2 saturated heterocycles. The topological polar surface area (TPSA) is 76.8 Å². The van der Waals surface area contributed by atoms with Crippen LogP contribution in [0.5, 0.6) is 5.75 Å². The molecule has 0 aromatic heterocycles. The third kappa shape index (κ3) is 9.46. The van der Waals surface area contributed by atoms with Gasteiger partial charge in [-0.3, -0.25) is 9.69 Å². The van der Waals surface area contributed by atoms with Gasteiger partial charge in [0.2, 0.25) is 0 Å². The second-order valence-corrected chi connectivity index (χ2v) is 14.6. The van der Waals surface area contributed by atoms with Crippen molar-refractivity contribution in [3.63, 3.8) is 0 Å². The van der Waals surface area contributed by atoms with E-state index in [1.165, 1.54) is 42.4 Å². The highest BCUT2D eigenvalue weighted by Gasteiger charge is 2.45. The Bertz CT molecular complexity index is 1890. The van der Waals surface area contributed by atoms with Crippen molar-refractivity contribution in [3.05, 3.63) is 112 Å². The molecule has 4 aromatic carbocycles. The molecule has 2 heterocycles. The van der Waals surface area contributed by atoms with Gasteiger partial charge in [-0.1, -0.05) is 78.3 Å². The molecule has 1 aliphatic carbocycles. The minimum atomic E-state index is -4.79. The van der Waals surface area contributed by atoms with Crippen molar-refractivity contribution in [2.75, 3.05) is 26.2 Å². The first-order chi connectivity index (χ1) is 25.1. The molecule has 2 fully saturated rings. The Morgan fingerprint density at radius 2 is 1.56 bits per heavy atom. The van der Waals surface area contributed by atoms with E-state index in [2.05, 4.69) is 29.2 Å². The fourth-order valence-corrected chi connectivity index (χ4v) is 8.12. The van der Waals surface area contributed by atoms with Crippen LogP contribution in [0.15, 0.2) is 78.9 Å². The Kier molecular flexibility index (Phi) is 12.4. The number of hydrogen-bond donors (Lipinski definition) is 1. The lowest BCUT2D eigenvalue weighted by Gasteiger charge is -2.27. The third-order valence-electron chi connectivity index (χ3n) is 10.5. The number of nitriles is 1. The first-order valence-electron chi connectivity index (χ1n) is 18.3. The van der Waals surface area contributed by atoms with E-state index < -0.39 is 18.2 Å². The number of likely N-dealkylation sites (tertiary alicyclic amines) is 2. The monoisotopic (exact) mass is 731 g/mol. The summed E-state index contributed by atoms with van der Waals surface area (Å²) in [5.74, 6) is -1.29. The summed E-state index contributed by atoms with van der Waals surface area (Å²) in [7, 11) is 0. The molecule has 0 radical (unpaired) electrons. The minimum absolute atomic E-state index is 0.150. The molecule has 52 heavy (non-hydrogen) atoms. The molecule has 274 valence electrons. The van der Waals surface area contributed by atoms with Gasteiger partial charge in [-0.15, -0.1) is 0 Å². The molecule has 4 aromatic rings. The Balaban J connectivity index is 0.000000187. The van der Waals surface area contributed by atoms with Gasteiger partial charge in [0.15, 0.2) is 0 Å². The van der Waals surface area contributed by atoms with Crippen molar-refractivity contribution in [3.8, 4) is 11.8 Å². The molecule has 0 spiro atoms. The molecule has 10 heteroatoms. The number of aliphatic hydroxyl groups is 1. The Morgan fingerprint density at radius 3 is 2.35 bits per heavy atom. The third-order valence-corrected chi connectivity index (χ3v) is 10.8. The van der Waals surface area contributed by atoms with Crippen molar-refractivity contribution in [1.29, 1.82) is 5.26 Å². The van der Waals surface area contributed by atoms with Gasteiger partial charge in [-0.2, -0.15) is 18.4 Å². The smallest absolute Gasteiger partial charge is 0.471 e. The average molecular weight is 732 g/mol. The zero-order chi connectivity index (χ0) is 36.7. The summed E-state index contributed by atoms with van der Waals surface area (Å²) >= 11 is 6.05. The number of alkyl halides is 3. The van der Waals surface area contributed by atoms with Crippen LogP contribution in [0.2, 0.25) is 5.02 Å². The van der Waals surface area contributed by atoms with Gasteiger partial charge in [0.05, 0.1) is 5.02 Å². The maximum atomic E-state index is 12.6. The maximum absolute atomic E-state index is 12.6.